The summed E-state index contributed by atoms with van der Waals surface area (Å²) >= 11 is 1.52. The normalized spacial score (nSPS) is 18.8. The van der Waals surface area contributed by atoms with Gasteiger partial charge in [-0.1, -0.05) is 36.4 Å². The third-order valence-electron chi connectivity index (χ3n) is 5.57. The second-order valence-electron chi connectivity index (χ2n) is 7.46. The maximum Gasteiger partial charge on any atom is 0.257 e. The number of aromatic nitrogens is 2. The summed E-state index contributed by atoms with van der Waals surface area (Å²) in [6.45, 7) is 7.14. The van der Waals surface area contributed by atoms with E-state index >= 15 is 0 Å². The fourth-order valence-electron chi connectivity index (χ4n) is 4.13. The van der Waals surface area contributed by atoms with Crippen molar-refractivity contribution < 1.29 is 4.79 Å². The standard InChI is InChI=1S/C21H25N3O2S/c1-4-17-14(3)22-21-24(20(17)26)11-16(12-27-21)19(25)23-9-5-6-15-10-13(2)7-8-18(15)23/h7-8,10,16H,4-6,9,11-12H2,1-3H3. The monoisotopic (exact) mass is 383 g/mol. The summed E-state index contributed by atoms with van der Waals surface area (Å²) in [7, 11) is 0. The summed E-state index contributed by atoms with van der Waals surface area (Å²) in [5.41, 5.74) is 5.10. The maximum absolute atomic E-state index is 13.3. The number of aryl methyl sites for hydroxylation is 3. The van der Waals surface area contributed by atoms with Crippen molar-refractivity contribution in [2.24, 2.45) is 5.92 Å². The summed E-state index contributed by atoms with van der Waals surface area (Å²) in [5.74, 6) is 0.610. The number of thioether (sulfide) groups is 1. The van der Waals surface area contributed by atoms with Crippen molar-refractivity contribution in [3.8, 4) is 0 Å². The zero-order valence-electron chi connectivity index (χ0n) is 16.1. The van der Waals surface area contributed by atoms with Gasteiger partial charge in [0.15, 0.2) is 5.16 Å². The Kier molecular flexibility index (Phi) is 4.84. The lowest BCUT2D eigenvalue weighted by molar-refractivity contribution is -0.122. The van der Waals surface area contributed by atoms with Crippen molar-refractivity contribution in [1.82, 2.24) is 9.55 Å². The minimum atomic E-state index is -0.193. The Labute approximate surface area is 163 Å². The number of hydrogen-bond donors (Lipinski definition) is 0. The molecule has 1 aromatic carbocycles. The summed E-state index contributed by atoms with van der Waals surface area (Å²) < 4.78 is 1.71. The molecule has 0 saturated carbocycles. The van der Waals surface area contributed by atoms with E-state index in [1.165, 1.54) is 22.9 Å². The van der Waals surface area contributed by atoms with Gasteiger partial charge in [0.25, 0.3) is 5.56 Å². The molecule has 2 aromatic rings. The quantitative estimate of drug-likeness (QED) is 0.748. The maximum atomic E-state index is 13.3. The minimum Gasteiger partial charge on any atom is -0.312 e. The Bertz CT molecular complexity index is 967. The van der Waals surface area contributed by atoms with Gasteiger partial charge in [-0.2, -0.15) is 0 Å². The molecule has 4 rings (SSSR count). The SMILES string of the molecule is CCc1c(C)nc2n(c1=O)CC(C(=O)N1CCCc3cc(C)ccc31)CS2. The topological polar surface area (TPSA) is 55.2 Å². The van der Waals surface area contributed by atoms with Gasteiger partial charge in [-0.25, -0.2) is 4.98 Å². The van der Waals surface area contributed by atoms with Gasteiger partial charge in [-0.3, -0.25) is 14.2 Å². The number of nitrogens with zero attached hydrogens (tertiary/aromatic N) is 3. The number of benzene rings is 1. The molecule has 1 atom stereocenters. The van der Waals surface area contributed by atoms with Crippen LogP contribution in [0.4, 0.5) is 5.69 Å². The highest BCUT2D eigenvalue weighted by Gasteiger charge is 2.33. The smallest absolute Gasteiger partial charge is 0.257 e. The zero-order valence-corrected chi connectivity index (χ0v) is 16.9. The van der Waals surface area contributed by atoms with E-state index < -0.39 is 0 Å². The zero-order chi connectivity index (χ0) is 19.1. The molecular formula is C21H25N3O2S. The van der Waals surface area contributed by atoms with Gasteiger partial charge >= 0.3 is 0 Å². The van der Waals surface area contributed by atoms with E-state index in [2.05, 4.69) is 30.1 Å². The van der Waals surface area contributed by atoms with Gasteiger partial charge in [-0.15, -0.1) is 0 Å². The first-order chi connectivity index (χ1) is 13.0. The average molecular weight is 384 g/mol. The van der Waals surface area contributed by atoms with Crippen molar-refractivity contribution >= 4 is 23.4 Å². The molecule has 1 amide bonds. The third kappa shape index (κ3) is 3.20. The largest absolute Gasteiger partial charge is 0.312 e. The Morgan fingerprint density at radius 3 is 2.93 bits per heavy atom. The fourth-order valence-corrected chi connectivity index (χ4v) is 5.24. The number of fused-ring (bicyclic) bond motifs is 2. The Balaban J connectivity index is 1.64. The summed E-state index contributed by atoms with van der Waals surface area (Å²) in [4.78, 5) is 32.7. The van der Waals surface area contributed by atoms with E-state index in [-0.39, 0.29) is 17.4 Å². The second-order valence-corrected chi connectivity index (χ2v) is 8.45. The number of anilines is 1. The van der Waals surface area contributed by atoms with Gasteiger partial charge in [0.2, 0.25) is 5.91 Å². The molecule has 0 bridgehead atoms. The first-order valence-corrected chi connectivity index (χ1v) is 10.6. The lowest BCUT2D eigenvalue weighted by Crippen LogP contribution is -2.45. The van der Waals surface area contributed by atoms with E-state index in [0.29, 0.717) is 18.7 Å². The van der Waals surface area contributed by atoms with Gasteiger partial charge in [-0.05, 0) is 44.7 Å². The number of rotatable bonds is 2. The van der Waals surface area contributed by atoms with Crippen molar-refractivity contribution in [3.05, 3.63) is 50.9 Å². The highest BCUT2D eigenvalue weighted by Crippen LogP contribution is 2.32. The Hall–Kier alpha value is -2.08. The van der Waals surface area contributed by atoms with Crippen LogP contribution in [0.15, 0.2) is 28.2 Å². The molecule has 142 valence electrons. The van der Waals surface area contributed by atoms with E-state index in [9.17, 15) is 9.59 Å². The highest BCUT2D eigenvalue weighted by molar-refractivity contribution is 7.99. The van der Waals surface area contributed by atoms with Crippen LogP contribution >= 0.6 is 11.8 Å². The number of carbonyl (C=O) groups is 1. The van der Waals surface area contributed by atoms with Crippen molar-refractivity contribution in [1.29, 1.82) is 0 Å². The van der Waals surface area contributed by atoms with Gasteiger partial charge in [0, 0.05) is 35.8 Å². The molecule has 1 aromatic heterocycles. The van der Waals surface area contributed by atoms with Crippen LogP contribution in [0, 0.1) is 19.8 Å². The summed E-state index contributed by atoms with van der Waals surface area (Å²) in [6, 6.07) is 6.32. The van der Waals surface area contributed by atoms with Gasteiger partial charge < -0.3 is 4.90 Å². The predicted octanol–water partition coefficient (Wildman–Crippen LogP) is 3.12. The van der Waals surface area contributed by atoms with Crippen LogP contribution in [0.2, 0.25) is 0 Å². The fraction of sp³-hybridized carbons (Fsp3) is 0.476. The Morgan fingerprint density at radius 2 is 2.15 bits per heavy atom. The van der Waals surface area contributed by atoms with Crippen LogP contribution in [-0.4, -0.2) is 27.8 Å². The van der Waals surface area contributed by atoms with E-state index in [1.54, 1.807) is 4.57 Å². The van der Waals surface area contributed by atoms with E-state index in [0.717, 1.165) is 41.5 Å². The molecule has 0 spiro atoms. The molecule has 3 heterocycles. The Morgan fingerprint density at radius 1 is 1.33 bits per heavy atom. The van der Waals surface area contributed by atoms with Crippen molar-refractivity contribution in [3.63, 3.8) is 0 Å². The molecule has 5 nitrogen and oxygen atoms in total. The van der Waals surface area contributed by atoms with Crippen LogP contribution in [0.25, 0.3) is 0 Å². The van der Waals surface area contributed by atoms with Crippen LogP contribution < -0.4 is 10.5 Å². The number of hydrogen-bond acceptors (Lipinski definition) is 4. The first kappa shape index (κ1) is 18.3. The second kappa shape index (κ2) is 7.15. The molecule has 0 saturated heterocycles. The van der Waals surface area contributed by atoms with E-state index in [4.69, 9.17) is 0 Å². The van der Waals surface area contributed by atoms with E-state index in [1.807, 2.05) is 18.7 Å². The molecule has 0 fully saturated rings. The molecule has 1 unspecified atom stereocenters. The van der Waals surface area contributed by atoms with Crippen LogP contribution in [0.3, 0.4) is 0 Å². The molecule has 0 aliphatic carbocycles. The number of amides is 1. The predicted molar refractivity (Wildman–Crippen MR) is 109 cm³/mol. The van der Waals surface area contributed by atoms with Crippen molar-refractivity contribution in [2.45, 2.75) is 51.7 Å². The van der Waals surface area contributed by atoms with Gasteiger partial charge in [0.05, 0.1) is 5.92 Å². The lowest BCUT2D eigenvalue weighted by Gasteiger charge is -2.34. The van der Waals surface area contributed by atoms with Crippen LogP contribution in [-0.2, 0) is 24.2 Å². The molecule has 0 radical (unpaired) electrons. The third-order valence-corrected chi connectivity index (χ3v) is 6.71. The van der Waals surface area contributed by atoms with Gasteiger partial charge in [0.1, 0.15) is 0 Å². The molecule has 27 heavy (non-hydrogen) atoms. The highest BCUT2D eigenvalue weighted by atomic mass is 32.2. The molecule has 6 heteroatoms. The summed E-state index contributed by atoms with van der Waals surface area (Å²) in [6.07, 6.45) is 2.67. The minimum absolute atomic E-state index is 0.0136. The molecule has 2 aliphatic heterocycles. The number of carbonyl (C=O) groups excluding carboxylic acids is 1. The first-order valence-electron chi connectivity index (χ1n) is 9.63. The van der Waals surface area contributed by atoms with Crippen LogP contribution in [0.5, 0.6) is 0 Å². The van der Waals surface area contributed by atoms with Crippen molar-refractivity contribution in [2.75, 3.05) is 17.2 Å². The molecule has 0 N–H and O–H groups in total. The molecular weight excluding hydrogens is 358 g/mol. The lowest BCUT2D eigenvalue weighted by atomic mass is 9.98. The average Bonchev–Trinajstić information content (AvgIpc) is 2.67. The van der Waals surface area contributed by atoms with Crippen LogP contribution in [0.1, 0.15) is 35.7 Å². The molecule has 2 aliphatic rings. The summed E-state index contributed by atoms with van der Waals surface area (Å²) in [5, 5.41) is 0.744.